The Bertz CT molecular complexity index is 299. The molecular weight excluding hydrogens is 208 g/mol. The van der Waals surface area contributed by atoms with Gasteiger partial charge in [0, 0.05) is 6.04 Å². The van der Waals surface area contributed by atoms with Crippen molar-refractivity contribution in [3.05, 3.63) is 0 Å². The van der Waals surface area contributed by atoms with Crippen molar-refractivity contribution in [1.29, 1.82) is 0 Å². The van der Waals surface area contributed by atoms with Gasteiger partial charge in [0.05, 0.1) is 10.4 Å². The molecule has 0 radical (unpaired) electrons. The molecule has 4 heteroatoms. The number of hydrogen-bond acceptors (Lipinski definition) is 2. The average molecular weight is 226 g/mol. The molecule has 0 saturated heterocycles. The predicted octanol–water partition coefficient (Wildman–Crippen LogP) is 1.36. The first kappa shape index (κ1) is 10.9. The first-order chi connectivity index (χ1) is 7.06. The molecule has 2 unspecified atom stereocenters. The van der Waals surface area contributed by atoms with Crippen molar-refractivity contribution < 1.29 is 4.79 Å². The fourth-order valence-corrected chi connectivity index (χ4v) is 2.67. The molecule has 0 aromatic carbocycles. The predicted molar refractivity (Wildman–Crippen MR) is 63.4 cm³/mol. The highest BCUT2D eigenvalue weighted by atomic mass is 32.1. The van der Waals surface area contributed by atoms with Crippen LogP contribution in [0.15, 0.2) is 0 Å². The van der Waals surface area contributed by atoms with Gasteiger partial charge in [0.25, 0.3) is 0 Å². The van der Waals surface area contributed by atoms with E-state index in [0.717, 1.165) is 19.3 Å². The SMILES string of the molecule is CC1CCCC1NC(=O)C1(C(N)=S)CC1. The van der Waals surface area contributed by atoms with Crippen LogP contribution in [-0.2, 0) is 4.79 Å². The van der Waals surface area contributed by atoms with E-state index in [2.05, 4.69) is 12.2 Å². The molecule has 0 aliphatic heterocycles. The number of carbonyl (C=O) groups is 1. The van der Waals surface area contributed by atoms with Gasteiger partial charge in [0.2, 0.25) is 5.91 Å². The Kier molecular flexibility index (Phi) is 2.71. The van der Waals surface area contributed by atoms with Crippen LogP contribution in [0.1, 0.15) is 39.0 Å². The normalized spacial score (nSPS) is 32.3. The third kappa shape index (κ3) is 1.87. The van der Waals surface area contributed by atoms with Gasteiger partial charge < -0.3 is 11.1 Å². The minimum absolute atomic E-state index is 0.0637. The van der Waals surface area contributed by atoms with Crippen LogP contribution in [-0.4, -0.2) is 16.9 Å². The van der Waals surface area contributed by atoms with Crippen LogP contribution in [0, 0.1) is 11.3 Å². The molecule has 2 saturated carbocycles. The summed E-state index contributed by atoms with van der Waals surface area (Å²) in [6.07, 6.45) is 5.18. The van der Waals surface area contributed by atoms with E-state index in [-0.39, 0.29) is 5.91 Å². The summed E-state index contributed by atoms with van der Waals surface area (Å²) in [5, 5.41) is 3.11. The molecule has 2 fully saturated rings. The fraction of sp³-hybridized carbons (Fsp3) is 0.818. The first-order valence-corrected chi connectivity index (χ1v) is 6.08. The van der Waals surface area contributed by atoms with Crippen LogP contribution in [0.2, 0.25) is 0 Å². The fourth-order valence-electron chi connectivity index (χ4n) is 2.38. The third-order valence-electron chi connectivity index (χ3n) is 3.83. The molecule has 0 aromatic heterocycles. The highest BCUT2D eigenvalue weighted by Gasteiger charge is 2.53. The quantitative estimate of drug-likeness (QED) is 0.714. The lowest BCUT2D eigenvalue weighted by atomic mass is 10.0. The summed E-state index contributed by atoms with van der Waals surface area (Å²) in [6, 6.07) is 0.337. The van der Waals surface area contributed by atoms with Gasteiger partial charge in [-0.05, 0) is 31.6 Å². The van der Waals surface area contributed by atoms with E-state index in [1.54, 1.807) is 0 Å². The molecule has 3 nitrogen and oxygen atoms in total. The molecular formula is C11H18N2OS. The molecule has 0 spiro atoms. The number of hydrogen-bond donors (Lipinski definition) is 2. The number of nitrogens with two attached hydrogens (primary N) is 1. The molecule has 3 N–H and O–H groups in total. The Morgan fingerprint density at radius 1 is 1.47 bits per heavy atom. The molecule has 2 aliphatic rings. The summed E-state index contributed by atoms with van der Waals surface area (Å²) in [6.45, 7) is 2.19. The Balaban J connectivity index is 1.95. The van der Waals surface area contributed by atoms with E-state index in [4.69, 9.17) is 18.0 Å². The summed E-state index contributed by atoms with van der Waals surface area (Å²) in [5.41, 5.74) is 5.12. The van der Waals surface area contributed by atoms with Gasteiger partial charge in [-0.1, -0.05) is 25.6 Å². The molecule has 1 amide bonds. The maximum atomic E-state index is 12.0. The highest BCUT2D eigenvalue weighted by Crippen LogP contribution is 2.46. The Morgan fingerprint density at radius 2 is 2.13 bits per heavy atom. The molecule has 2 atom stereocenters. The number of thiocarbonyl (C=S) groups is 1. The van der Waals surface area contributed by atoms with Crippen molar-refractivity contribution in [1.82, 2.24) is 5.32 Å². The largest absolute Gasteiger partial charge is 0.392 e. The summed E-state index contributed by atoms with van der Waals surface area (Å²) >= 11 is 4.96. The number of rotatable bonds is 3. The average Bonchev–Trinajstić information content (AvgIpc) is 2.89. The number of carbonyl (C=O) groups excluding carboxylic acids is 1. The minimum atomic E-state index is -0.488. The van der Waals surface area contributed by atoms with Crippen LogP contribution in [0.5, 0.6) is 0 Å². The van der Waals surface area contributed by atoms with E-state index in [9.17, 15) is 4.79 Å². The van der Waals surface area contributed by atoms with Crippen LogP contribution in [0.25, 0.3) is 0 Å². The van der Waals surface area contributed by atoms with Crippen LogP contribution >= 0.6 is 12.2 Å². The maximum absolute atomic E-state index is 12.0. The van der Waals surface area contributed by atoms with Crippen LogP contribution in [0.4, 0.5) is 0 Å². The molecule has 0 heterocycles. The van der Waals surface area contributed by atoms with E-state index in [1.165, 1.54) is 12.8 Å². The van der Waals surface area contributed by atoms with Gasteiger partial charge in [-0.2, -0.15) is 0 Å². The van der Waals surface area contributed by atoms with Crippen molar-refractivity contribution in [2.24, 2.45) is 17.1 Å². The van der Waals surface area contributed by atoms with Gasteiger partial charge in [-0.15, -0.1) is 0 Å². The summed E-state index contributed by atoms with van der Waals surface area (Å²) in [5.74, 6) is 0.657. The minimum Gasteiger partial charge on any atom is -0.392 e. The van der Waals surface area contributed by atoms with E-state index >= 15 is 0 Å². The molecule has 0 bridgehead atoms. The zero-order valence-electron chi connectivity index (χ0n) is 9.08. The second-order valence-corrected chi connectivity index (χ2v) is 5.37. The molecule has 2 rings (SSSR count). The van der Waals surface area contributed by atoms with Crippen molar-refractivity contribution >= 4 is 23.1 Å². The lowest BCUT2D eigenvalue weighted by Gasteiger charge is -2.21. The lowest BCUT2D eigenvalue weighted by Crippen LogP contribution is -2.45. The first-order valence-electron chi connectivity index (χ1n) is 5.67. The molecule has 15 heavy (non-hydrogen) atoms. The molecule has 84 valence electrons. The topological polar surface area (TPSA) is 55.1 Å². The Morgan fingerprint density at radius 3 is 2.53 bits per heavy atom. The van der Waals surface area contributed by atoms with Gasteiger partial charge in [0.15, 0.2) is 0 Å². The maximum Gasteiger partial charge on any atom is 0.233 e. The van der Waals surface area contributed by atoms with Crippen molar-refractivity contribution in [2.75, 3.05) is 0 Å². The van der Waals surface area contributed by atoms with Crippen molar-refractivity contribution in [3.8, 4) is 0 Å². The van der Waals surface area contributed by atoms with E-state index in [0.29, 0.717) is 16.9 Å². The lowest BCUT2D eigenvalue weighted by molar-refractivity contribution is -0.124. The summed E-state index contributed by atoms with van der Waals surface area (Å²) in [7, 11) is 0. The van der Waals surface area contributed by atoms with Crippen LogP contribution < -0.4 is 11.1 Å². The Hall–Kier alpha value is -0.640. The third-order valence-corrected chi connectivity index (χ3v) is 4.23. The van der Waals surface area contributed by atoms with E-state index < -0.39 is 5.41 Å². The van der Waals surface area contributed by atoms with Gasteiger partial charge >= 0.3 is 0 Å². The number of nitrogens with one attached hydrogen (secondary N) is 1. The smallest absolute Gasteiger partial charge is 0.233 e. The van der Waals surface area contributed by atoms with E-state index in [1.807, 2.05) is 0 Å². The second-order valence-electron chi connectivity index (χ2n) is 4.93. The van der Waals surface area contributed by atoms with Gasteiger partial charge in [0.1, 0.15) is 0 Å². The molecule has 0 aromatic rings. The summed E-state index contributed by atoms with van der Waals surface area (Å²) < 4.78 is 0. The summed E-state index contributed by atoms with van der Waals surface area (Å²) in [4.78, 5) is 12.4. The highest BCUT2D eigenvalue weighted by molar-refractivity contribution is 7.80. The zero-order chi connectivity index (χ0) is 11.1. The number of amides is 1. The molecule has 2 aliphatic carbocycles. The van der Waals surface area contributed by atoms with Crippen molar-refractivity contribution in [3.63, 3.8) is 0 Å². The van der Waals surface area contributed by atoms with Gasteiger partial charge in [-0.25, -0.2) is 0 Å². The monoisotopic (exact) mass is 226 g/mol. The second kappa shape index (κ2) is 3.74. The van der Waals surface area contributed by atoms with Gasteiger partial charge in [-0.3, -0.25) is 4.79 Å². The zero-order valence-corrected chi connectivity index (χ0v) is 9.90. The van der Waals surface area contributed by atoms with Crippen LogP contribution in [0.3, 0.4) is 0 Å². The van der Waals surface area contributed by atoms with Crippen molar-refractivity contribution in [2.45, 2.75) is 45.1 Å². The Labute approximate surface area is 95.8 Å². The standard InChI is InChI=1S/C11H18N2OS/c1-7-3-2-4-8(7)13-10(14)11(5-6-11)9(12)15/h7-8H,2-6H2,1H3,(H2,12,15)(H,13,14).